The van der Waals surface area contributed by atoms with Gasteiger partial charge < -0.3 is 0 Å². The quantitative estimate of drug-likeness (QED) is 0.538. The van der Waals surface area contributed by atoms with E-state index in [0.717, 1.165) is 11.4 Å². The highest BCUT2D eigenvalue weighted by Crippen LogP contribution is 2.21. The molecular weight excluding hydrogens is 152 g/mol. The number of carbonyl (C=O) groups is 1. The molecule has 1 rings (SSSR count). The van der Waals surface area contributed by atoms with Crippen molar-refractivity contribution in [3.8, 4) is 0 Å². The first-order valence-electron chi connectivity index (χ1n) is 4.09. The fourth-order valence-electron chi connectivity index (χ4n) is 1.52. The lowest BCUT2D eigenvalue weighted by Crippen LogP contribution is -2.15. The molecule has 12 heavy (non-hydrogen) atoms. The van der Waals surface area contributed by atoms with Gasteiger partial charge in [-0.3, -0.25) is 14.8 Å². The maximum atomic E-state index is 11.1. The molecule has 0 saturated heterocycles. The molecule has 3 nitrogen and oxygen atoms in total. The molecular formula is C9H14N2O. The number of Topliss-reactive ketones (excluding diaryl/α,β-unsaturated/α-hetero) is 1. The Kier molecular flexibility index (Phi) is 2.74. The molecule has 1 atom stereocenters. The predicted molar refractivity (Wildman–Crippen MR) is 50.1 cm³/mol. The highest BCUT2D eigenvalue weighted by molar-refractivity contribution is 6.19. The summed E-state index contributed by atoms with van der Waals surface area (Å²) in [6.07, 6.45) is 1.11. The van der Waals surface area contributed by atoms with Crippen molar-refractivity contribution in [2.45, 2.75) is 19.8 Å². The van der Waals surface area contributed by atoms with E-state index in [9.17, 15) is 4.79 Å². The van der Waals surface area contributed by atoms with E-state index in [1.54, 1.807) is 14.1 Å². The fourth-order valence-corrected chi connectivity index (χ4v) is 1.52. The molecule has 66 valence electrons. The van der Waals surface area contributed by atoms with Crippen LogP contribution < -0.4 is 0 Å². The monoisotopic (exact) mass is 166 g/mol. The van der Waals surface area contributed by atoms with E-state index in [2.05, 4.69) is 9.98 Å². The topological polar surface area (TPSA) is 41.8 Å². The first-order chi connectivity index (χ1) is 5.69. The van der Waals surface area contributed by atoms with Crippen LogP contribution in [-0.4, -0.2) is 31.3 Å². The van der Waals surface area contributed by atoms with Gasteiger partial charge in [0, 0.05) is 44.3 Å². The summed E-state index contributed by atoms with van der Waals surface area (Å²) in [5, 5.41) is 0. The number of ketones is 1. The van der Waals surface area contributed by atoms with Crippen molar-refractivity contribution in [2.75, 3.05) is 14.1 Å². The standard InChI is InChI=1S/C9H14N2O/c1-6(10-2)8-4-7(12)5-9(8)11-3/h8H,4-5H2,1-3H3. The van der Waals surface area contributed by atoms with Crippen LogP contribution in [0.25, 0.3) is 0 Å². The SMILES string of the molecule is CN=C(C)C1CC(=O)CC1=NC. The summed E-state index contributed by atoms with van der Waals surface area (Å²) in [5.74, 6) is 0.469. The van der Waals surface area contributed by atoms with Crippen molar-refractivity contribution in [3.63, 3.8) is 0 Å². The number of hydrogen-bond acceptors (Lipinski definition) is 3. The zero-order valence-corrected chi connectivity index (χ0v) is 7.79. The van der Waals surface area contributed by atoms with Gasteiger partial charge in [-0.15, -0.1) is 0 Å². The van der Waals surface area contributed by atoms with Crippen LogP contribution in [0.2, 0.25) is 0 Å². The Morgan fingerprint density at radius 2 is 2.17 bits per heavy atom. The van der Waals surface area contributed by atoms with Crippen molar-refractivity contribution >= 4 is 17.2 Å². The van der Waals surface area contributed by atoms with Crippen LogP contribution in [0, 0.1) is 5.92 Å². The Balaban J connectivity index is 2.85. The molecule has 3 heteroatoms. The van der Waals surface area contributed by atoms with E-state index in [-0.39, 0.29) is 11.7 Å². The van der Waals surface area contributed by atoms with E-state index < -0.39 is 0 Å². The molecule has 0 radical (unpaired) electrons. The molecule has 0 aromatic rings. The lowest BCUT2D eigenvalue weighted by Gasteiger charge is -2.07. The van der Waals surface area contributed by atoms with Gasteiger partial charge in [-0.05, 0) is 6.92 Å². The van der Waals surface area contributed by atoms with Crippen LogP contribution in [-0.2, 0) is 4.79 Å². The summed E-state index contributed by atoms with van der Waals surface area (Å²) in [6, 6.07) is 0. The number of carbonyl (C=O) groups excluding carboxylic acids is 1. The summed E-state index contributed by atoms with van der Waals surface area (Å²) >= 11 is 0. The molecule has 0 aromatic carbocycles. The minimum atomic E-state index is 0.187. The van der Waals surface area contributed by atoms with Crippen LogP contribution in [0.5, 0.6) is 0 Å². The minimum Gasteiger partial charge on any atom is -0.299 e. The second kappa shape index (κ2) is 3.61. The molecule has 0 amide bonds. The Hall–Kier alpha value is -0.990. The van der Waals surface area contributed by atoms with Crippen molar-refractivity contribution in [1.29, 1.82) is 0 Å². The minimum absolute atomic E-state index is 0.187. The Bertz CT molecular complexity index is 253. The third kappa shape index (κ3) is 1.60. The average Bonchev–Trinajstić information content (AvgIpc) is 2.45. The Labute approximate surface area is 72.6 Å². The smallest absolute Gasteiger partial charge is 0.139 e. The molecule has 0 spiro atoms. The molecule has 1 aliphatic rings. The van der Waals surface area contributed by atoms with Gasteiger partial charge in [0.15, 0.2) is 0 Å². The molecule has 0 N–H and O–H groups in total. The van der Waals surface area contributed by atoms with Crippen molar-refractivity contribution in [1.82, 2.24) is 0 Å². The maximum Gasteiger partial charge on any atom is 0.139 e. The van der Waals surface area contributed by atoms with Crippen molar-refractivity contribution < 1.29 is 4.79 Å². The second-order valence-electron chi connectivity index (χ2n) is 3.05. The molecule has 1 saturated carbocycles. The van der Waals surface area contributed by atoms with Crippen molar-refractivity contribution in [2.24, 2.45) is 15.9 Å². The lowest BCUT2D eigenvalue weighted by molar-refractivity contribution is -0.117. The molecule has 0 aliphatic heterocycles. The van der Waals surface area contributed by atoms with Crippen LogP contribution in [0.15, 0.2) is 9.98 Å². The molecule has 1 aliphatic carbocycles. The number of aliphatic imine (C=N–C) groups is 2. The largest absolute Gasteiger partial charge is 0.299 e. The van der Waals surface area contributed by atoms with Gasteiger partial charge in [-0.2, -0.15) is 0 Å². The maximum absolute atomic E-state index is 11.1. The molecule has 1 fully saturated rings. The molecule has 1 unspecified atom stereocenters. The highest BCUT2D eigenvalue weighted by Gasteiger charge is 2.29. The van der Waals surface area contributed by atoms with Crippen LogP contribution in [0.1, 0.15) is 19.8 Å². The van der Waals surface area contributed by atoms with Gasteiger partial charge in [0.05, 0.1) is 0 Å². The summed E-state index contributed by atoms with van der Waals surface area (Å²) < 4.78 is 0. The van der Waals surface area contributed by atoms with Crippen molar-refractivity contribution in [3.05, 3.63) is 0 Å². The second-order valence-corrected chi connectivity index (χ2v) is 3.05. The Morgan fingerprint density at radius 1 is 1.50 bits per heavy atom. The van der Waals surface area contributed by atoms with Gasteiger partial charge in [0.25, 0.3) is 0 Å². The lowest BCUT2D eigenvalue weighted by atomic mass is 10.0. The summed E-state index contributed by atoms with van der Waals surface area (Å²) in [5.41, 5.74) is 2.00. The zero-order chi connectivity index (χ0) is 9.14. The van der Waals surface area contributed by atoms with Crippen LogP contribution in [0.3, 0.4) is 0 Å². The molecule has 0 aromatic heterocycles. The van der Waals surface area contributed by atoms with Gasteiger partial charge in [-0.1, -0.05) is 0 Å². The predicted octanol–water partition coefficient (Wildman–Crippen LogP) is 1.13. The zero-order valence-electron chi connectivity index (χ0n) is 7.79. The van der Waals surface area contributed by atoms with Gasteiger partial charge in [-0.25, -0.2) is 0 Å². The van der Waals surface area contributed by atoms with Crippen LogP contribution in [0.4, 0.5) is 0 Å². The van der Waals surface area contributed by atoms with Gasteiger partial charge in [0.2, 0.25) is 0 Å². The molecule has 0 bridgehead atoms. The molecule has 0 heterocycles. The summed E-state index contributed by atoms with van der Waals surface area (Å²) in [4.78, 5) is 19.3. The van der Waals surface area contributed by atoms with E-state index in [1.807, 2.05) is 6.92 Å². The van der Waals surface area contributed by atoms with Gasteiger partial charge >= 0.3 is 0 Å². The summed E-state index contributed by atoms with van der Waals surface area (Å²) in [6.45, 7) is 1.95. The first-order valence-corrected chi connectivity index (χ1v) is 4.09. The normalized spacial score (nSPS) is 28.6. The number of hydrogen-bond donors (Lipinski definition) is 0. The Morgan fingerprint density at radius 3 is 2.67 bits per heavy atom. The van der Waals surface area contributed by atoms with E-state index >= 15 is 0 Å². The van der Waals surface area contributed by atoms with E-state index in [1.165, 1.54) is 0 Å². The number of nitrogens with zero attached hydrogens (tertiary/aromatic N) is 2. The first kappa shape index (κ1) is 9.10. The van der Waals surface area contributed by atoms with E-state index in [4.69, 9.17) is 0 Å². The third-order valence-corrected chi connectivity index (χ3v) is 2.36. The highest BCUT2D eigenvalue weighted by atomic mass is 16.1. The fraction of sp³-hybridized carbons (Fsp3) is 0.667. The third-order valence-electron chi connectivity index (χ3n) is 2.36. The average molecular weight is 166 g/mol. The van der Waals surface area contributed by atoms with Gasteiger partial charge in [0.1, 0.15) is 5.78 Å². The summed E-state index contributed by atoms with van der Waals surface area (Å²) in [7, 11) is 3.50. The number of rotatable bonds is 1. The van der Waals surface area contributed by atoms with E-state index in [0.29, 0.717) is 12.8 Å². The van der Waals surface area contributed by atoms with Crippen LogP contribution >= 0.6 is 0 Å².